The summed E-state index contributed by atoms with van der Waals surface area (Å²) in [6, 6.07) is 0.636. The molecule has 0 spiro atoms. The van der Waals surface area contributed by atoms with Gasteiger partial charge in [0, 0.05) is 38.3 Å². The van der Waals surface area contributed by atoms with Crippen LogP contribution in [0.25, 0.3) is 0 Å². The van der Waals surface area contributed by atoms with E-state index in [1.165, 1.54) is 29.9 Å². The number of nitrogens with zero attached hydrogens (tertiary/aromatic N) is 5. The summed E-state index contributed by atoms with van der Waals surface area (Å²) >= 11 is 0. The van der Waals surface area contributed by atoms with Crippen molar-refractivity contribution in [2.24, 2.45) is 0 Å². The van der Waals surface area contributed by atoms with Gasteiger partial charge in [0.25, 0.3) is 0 Å². The Hall–Kier alpha value is -1.36. The molecule has 2 aliphatic rings. The lowest BCUT2D eigenvalue weighted by atomic mass is 9.96. The fourth-order valence-electron chi connectivity index (χ4n) is 3.41. The highest BCUT2D eigenvalue weighted by Crippen LogP contribution is 2.31. The Morgan fingerprint density at radius 2 is 1.82 bits per heavy atom. The van der Waals surface area contributed by atoms with Crippen molar-refractivity contribution in [2.75, 3.05) is 50.6 Å². The number of aromatic nitrogens is 2. The molecule has 1 aliphatic carbocycles. The molecule has 122 valence electrons. The molecule has 0 atom stereocenters. The molecule has 0 amide bonds. The van der Waals surface area contributed by atoms with Crippen LogP contribution in [-0.2, 0) is 12.8 Å². The first-order chi connectivity index (χ1) is 10.6. The SMILES string of the molecule is CCCN(C)c1nc(N2CC(N(C)C)C2)nc2c1CCCC2. The van der Waals surface area contributed by atoms with Gasteiger partial charge >= 0.3 is 0 Å². The summed E-state index contributed by atoms with van der Waals surface area (Å²) in [4.78, 5) is 16.8. The molecule has 1 aromatic rings. The Bertz CT molecular complexity index is 522. The number of fused-ring (bicyclic) bond motifs is 1. The van der Waals surface area contributed by atoms with Gasteiger partial charge in [-0.15, -0.1) is 0 Å². The number of rotatable bonds is 5. The maximum Gasteiger partial charge on any atom is 0.227 e. The normalized spacial score (nSPS) is 18.3. The van der Waals surface area contributed by atoms with Crippen molar-refractivity contribution in [3.8, 4) is 0 Å². The van der Waals surface area contributed by atoms with E-state index >= 15 is 0 Å². The monoisotopic (exact) mass is 303 g/mol. The molecule has 3 rings (SSSR count). The Morgan fingerprint density at radius 3 is 2.50 bits per heavy atom. The summed E-state index contributed by atoms with van der Waals surface area (Å²) in [6.45, 7) is 5.37. The van der Waals surface area contributed by atoms with Gasteiger partial charge in [-0.2, -0.15) is 4.98 Å². The van der Waals surface area contributed by atoms with Crippen LogP contribution in [0.15, 0.2) is 0 Å². The predicted octanol–water partition coefficient (Wildman–Crippen LogP) is 1.95. The zero-order chi connectivity index (χ0) is 15.7. The highest BCUT2D eigenvalue weighted by atomic mass is 15.4. The Balaban J connectivity index is 1.87. The molecule has 1 saturated heterocycles. The first-order valence-corrected chi connectivity index (χ1v) is 8.62. The first kappa shape index (κ1) is 15.5. The van der Waals surface area contributed by atoms with E-state index in [1.54, 1.807) is 0 Å². The van der Waals surface area contributed by atoms with E-state index in [0.29, 0.717) is 6.04 Å². The van der Waals surface area contributed by atoms with Gasteiger partial charge in [0.2, 0.25) is 5.95 Å². The summed E-state index contributed by atoms with van der Waals surface area (Å²) in [5, 5.41) is 0. The smallest absolute Gasteiger partial charge is 0.227 e. The molecule has 1 aromatic heterocycles. The summed E-state index contributed by atoms with van der Waals surface area (Å²) < 4.78 is 0. The average molecular weight is 303 g/mol. The lowest BCUT2D eigenvalue weighted by Crippen LogP contribution is -2.58. The quantitative estimate of drug-likeness (QED) is 0.831. The van der Waals surface area contributed by atoms with Crippen LogP contribution in [0.2, 0.25) is 0 Å². The minimum absolute atomic E-state index is 0.636. The second kappa shape index (κ2) is 6.41. The number of likely N-dealkylation sites (N-methyl/N-ethyl adjacent to an activating group) is 1. The van der Waals surface area contributed by atoms with Crippen molar-refractivity contribution in [3.63, 3.8) is 0 Å². The van der Waals surface area contributed by atoms with E-state index in [0.717, 1.165) is 44.8 Å². The van der Waals surface area contributed by atoms with E-state index in [2.05, 4.69) is 42.8 Å². The average Bonchev–Trinajstić information content (AvgIpc) is 2.44. The second-order valence-corrected chi connectivity index (χ2v) is 6.92. The van der Waals surface area contributed by atoms with Crippen LogP contribution in [0.4, 0.5) is 11.8 Å². The molecule has 0 unspecified atom stereocenters. The third-order valence-corrected chi connectivity index (χ3v) is 4.95. The van der Waals surface area contributed by atoms with Crippen LogP contribution in [0, 0.1) is 0 Å². The minimum atomic E-state index is 0.636. The van der Waals surface area contributed by atoms with Crippen molar-refractivity contribution in [1.29, 1.82) is 0 Å². The van der Waals surface area contributed by atoms with Gasteiger partial charge in [-0.25, -0.2) is 4.98 Å². The predicted molar refractivity (Wildman–Crippen MR) is 91.9 cm³/mol. The van der Waals surface area contributed by atoms with Crippen LogP contribution in [0.3, 0.4) is 0 Å². The fraction of sp³-hybridized carbons (Fsp3) is 0.765. The molecule has 22 heavy (non-hydrogen) atoms. The van der Waals surface area contributed by atoms with E-state index in [-0.39, 0.29) is 0 Å². The van der Waals surface area contributed by atoms with Crippen molar-refractivity contribution in [3.05, 3.63) is 11.3 Å². The molecule has 5 nitrogen and oxygen atoms in total. The maximum atomic E-state index is 4.94. The Kier molecular flexibility index (Phi) is 4.52. The number of aryl methyl sites for hydroxylation is 1. The van der Waals surface area contributed by atoms with E-state index in [9.17, 15) is 0 Å². The molecular weight excluding hydrogens is 274 g/mol. The van der Waals surface area contributed by atoms with Gasteiger partial charge in [-0.05, 0) is 46.2 Å². The molecule has 0 radical (unpaired) electrons. The van der Waals surface area contributed by atoms with Gasteiger partial charge < -0.3 is 14.7 Å². The Morgan fingerprint density at radius 1 is 1.09 bits per heavy atom. The van der Waals surface area contributed by atoms with Crippen molar-refractivity contribution in [2.45, 2.75) is 45.1 Å². The van der Waals surface area contributed by atoms with Crippen LogP contribution in [0.1, 0.15) is 37.4 Å². The summed E-state index contributed by atoms with van der Waals surface area (Å²) in [7, 11) is 6.47. The van der Waals surface area contributed by atoms with Gasteiger partial charge in [-0.3, -0.25) is 0 Å². The zero-order valence-corrected chi connectivity index (χ0v) is 14.5. The lowest BCUT2D eigenvalue weighted by molar-refractivity contribution is 0.245. The van der Waals surface area contributed by atoms with E-state index in [1.807, 2.05) is 0 Å². The molecule has 1 fully saturated rings. The second-order valence-electron chi connectivity index (χ2n) is 6.92. The molecule has 0 N–H and O–H groups in total. The molecule has 2 heterocycles. The molecule has 0 saturated carbocycles. The molecule has 0 bridgehead atoms. The molecule has 5 heteroatoms. The van der Waals surface area contributed by atoms with Gasteiger partial charge in [0.1, 0.15) is 5.82 Å². The van der Waals surface area contributed by atoms with Crippen molar-refractivity contribution in [1.82, 2.24) is 14.9 Å². The zero-order valence-electron chi connectivity index (χ0n) is 14.5. The fourth-order valence-corrected chi connectivity index (χ4v) is 3.41. The minimum Gasteiger partial charge on any atom is -0.359 e. The van der Waals surface area contributed by atoms with Crippen LogP contribution < -0.4 is 9.80 Å². The standard InChI is InChI=1S/C17H29N5/c1-5-10-21(4)16-14-8-6-7-9-15(14)18-17(19-16)22-11-13(12-22)20(2)3/h13H,5-12H2,1-4H3. The largest absolute Gasteiger partial charge is 0.359 e. The van der Waals surface area contributed by atoms with Crippen LogP contribution in [0.5, 0.6) is 0 Å². The van der Waals surface area contributed by atoms with Gasteiger partial charge in [0.15, 0.2) is 0 Å². The topological polar surface area (TPSA) is 35.5 Å². The van der Waals surface area contributed by atoms with Crippen molar-refractivity contribution >= 4 is 11.8 Å². The molecule has 1 aliphatic heterocycles. The van der Waals surface area contributed by atoms with Gasteiger partial charge in [-0.1, -0.05) is 6.92 Å². The molecule has 0 aromatic carbocycles. The third-order valence-electron chi connectivity index (χ3n) is 4.95. The van der Waals surface area contributed by atoms with Crippen LogP contribution in [-0.4, -0.2) is 61.7 Å². The van der Waals surface area contributed by atoms with Crippen molar-refractivity contribution < 1.29 is 0 Å². The third kappa shape index (κ3) is 2.91. The number of hydrogen-bond acceptors (Lipinski definition) is 5. The van der Waals surface area contributed by atoms with Crippen LogP contribution >= 0.6 is 0 Å². The van der Waals surface area contributed by atoms with Gasteiger partial charge in [0.05, 0.1) is 5.69 Å². The summed E-state index contributed by atoms with van der Waals surface area (Å²) in [5.41, 5.74) is 2.69. The molecular formula is C17H29N5. The Labute approximate surface area is 134 Å². The highest BCUT2D eigenvalue weighted by Gasteiger charge is 2.31. The number of hydrogen-bond donors (Lipinski definition) is 0. The maximum absolute atomic E-state index is 4.94. The van der Waals surface area contributed by atoms with E-state index < -0.39 is 0 Å². The van der Waals surface area contributed by atoms with E-state index in [4.69, 9.17) is 9.97 Å². The lowest BCUT2D eigenvalue weighted by Gasteiger charge is -2.43. The first-order valence-electron chi connectivity index (χ1n) is 8.62. The number of anilines is 2. The summed E-state index contributed by atoms with van der Waals surface area (Å²) in [5.74, 6) is 2.12. The summed E-state index contributed by atoms with van der Waals surface area (Å²) in [6.07, 6.45) is 5.94. The highest BCUT2D eigenvalue weighted by molar-refractivity contribution is 5.54.